The van der Waals surface area contributed by atoms with Gasteiger partial charge in [-0.2, -0.15) is 0 Å². The molecule has 0 radical (unpaired) electrons. The van der Waals surface area contributed by atoms with Crippen molar-refractivity contribution < 1.29 is 22.7 Å². The van der Waals surface area contributed by atoms with Gasteiger partial charge in [0.1, 0.15) is 5.60 Å². The summed E-state index contributed by atoms with van der Waals surface area (Å²) in [5.41, 5.74) is 3.35. The summed E-state index contributed by atoms with van der Waals surface area (Å²) < 4.78 is 31.2. The van der Waals surface area contributed by atoms with Crippen LogP contribution in [0.3, 0.4) is 0 Å². The van der Waals surface area contributed by atoms with E-state index in [-0.39, 0.29) is 28.3 Å². The summed E-state index contributed by atoms with van der Waals surface area (Å²) in [6.07, 6.45) is 0.567. The predicted octanol–water partition coefficient (Wildman–Crippen LogP) is 4.43. The molecule has 1 atom stereocenters. The SMILES string of the molecule is Cc1ccc(N2CCN(C(=O)c3ccc(N4C(=O)OC(C)(C)[C@H]4C(C)C)cc3S(C)(=O)=O)CC2)c(C)c1. The van der Waals surface area contributed by atoms with Gasteiger partial charge in [0.2, 0.25) is 0 Å². The number of hydrogen-bond acceptors (Lipinski definition) is 6. The lowest BCUT2D eigenvalue weighted by Crippen LogP contribution is -2.49. The zero-order valence-corrected chi connectivity index (χ0v) is 23.6. The van der Waals surface area contributed by atoms with Crippen LogP contribution in [0.25, 0.3) is 0 Å². The molecule has 0 bridgehead atoms. The van der Waals surface area contributed by atoms with Crippen molar-refractivity contribution in [3.05, 3.63) is 53.1 Å². The quantitative estimate of drug-likeness (QED) is 0.572. The second-order valence-electron chi connectivity index (χ2n) is 11.1. The van der Waals surface area contributed by atoms with Crippen LogP contribution in [0.1, 0.15) is 49.2 Å². The van der Waals surface area contributed by atoms with E-state index in [1.165, 1.54) is 28.2 Å². The van der Waals surface area contributed by atoms with Gasteiger partial charge < -0.3 is 14.5 Å². The molecule has 2 aliphatic heterocycles. The Morgan fingerprint density at radius 1 is 1.03 bits per heavy atom. The van der Waals surface area contributed by atoms with Gasteiger partial charge in [0.15, 0.2) is 9.84 Å². The lowest BCUT2D eigenvalue weighted by atomic mass is 9.88. The van der Waals surface area contributed by atoms with E-state index in [4.69, 9.17) is 4.74 Å². The maximum absolute atomic E-state index is 13.5. The number of sulfone groups is 1. The number of anilines is 2. The van der Waals surface area contributed by atoms with Gasteiger partial charge in [0.05, 0.1) is 16.5 Å². The molecule has 8 nitrogen and oxygen atoms in total. The normalized spacial score (nSPS) is 19.9. The Morgan fingerprint density at radius 3 is 2.24 bits per heavy atom. The van der Waals surface area contributed by atoms with Gasteiger partial charge in [0.25, 0.3) is 5.91 Å². The van der Waals surface area contributed by atoms with Gasteiger partial charge in [-0.05, 0) is 63.4 Å². The molecule has 2 aromatic rings. The lowest BCUT2D eigenvalue weighted by molar-refractivity contribution is 0.0592. The fraction of sp³-hybridized carbons (Fsp3) is 0.500. The molecule has 0 N–H and O–H groups in total. The maximum Gasteiger partial charge on any atom is 0.415 e. The van der Waals surface area contributed by atoms with E-state index in [1.54, 1.807) is 11.0 Å². The van der Waals surface area contributed by atoms with Gasteiger partial charge >= 0.3 is 6.09 Å². The molecule has 2 aromatic carbocycles. The number of aryl methyl sites for hydroxylation is 2. The van der Waals surface area contributed by atoms with Crippen molar-refractivity contribution in [1.29, 1.82) is 0 Å². The zero-order chi connectivity index (χ0) is 27.3. The summed E-state index contributed by atoms with van der Waals surface area (Å²) in [5.74, 6) is -0.255. The van der Waals surface area contributed by atoms with Crippen LogP contribution in [0.4, 0.5) is 16.2 Å². The number of ether oxygens (including phenoxy) is 1. The van der Waals surface area contributed by atoms with E-state index in [0.29, 0.717) is 31.9 Å². The van der Waals surface area contributed by atoms with Gasteiger partial charge in [-0.1, -0.05) is 31.5 Å². The minimum Gasteiger partial charge on any atom is -0.441 e. The number of cyclic esters (lactones) is 1. The first-order valence-corrected chi connectivity index (χ1v) is 14.6. The number of amides is 2. The van der Waals surface area contributed by atoms with Gasteiger partial charge in [0, 0.05) is 43.8 Å². The molecule has 2 amide bonds. The number of hydrogen-bond donors (Lipinski definition) is 0. The summed E-state index contributed by atoms with van der Waals surface area (Å²) in [6.45, 7) is 14.1. The van der Waals surface area contributed by atoms with Crippen molar-refractivity contribution in [2.75, 3.05) is 42.2 Å². The highest BCUT2D eigenvalue weighted by Crippen LogP contribution is 2.38. The molecular weight excluding hydrogens is 490 g/mol. The number of rotatable bonds is 5. The Bertz CT molecular complexity index is 1330. The van der Waals surface area contributed by atoms with Crippen LogP contribution in [0.2, 0.25) is 0 Å². The molecule has 200 valence electrons. The van der Waals surface area contributed by atoms with Crippen molar-refractivity contribution in [2.24, 2.45) is 5.92 Å². The molecule has 4 rings (SSSR count). The standard InChI is InChI=1S/C28H37N3O5S/c1-18(2)25-28(5,6)36-27(33)31(25)21-9-10-22(24(17-21)37(7,34)35)26(32)30-14-12-29(13-15-30)23-11-8-19(3)16-20(23)4/h8-11,16-18,25H,12-15H2,1-7H3/t25-/m1/s1. The largest absolute Gasteiger partial charge is 0.441 e. The molecule has 0 aliphatic carbocycles. The van der Waals surface area contributed by atoms with Crippen molar-refractivity contribution in [2.45, 2.75) is 58.1 Å². The molecule has 2 aliphatic rings. The highest BCUT2D eigenvalue weighted by molar-refractivity contribution is 7.90. The van der Waals surface area contributed by atoms with Crippen molar-refractivity contribution in [1.82, 2.24) is 4.90 Å². The highest BCUT2D eigenvalue weighted by Gasteiger charge is 2.50. The zero-order valence-electron chi connectivity index (χ0n) is 22.7. The average Bonchev–Trinajstić information content (AvgIpc) is 3.06. The smallest absolute Gasteiger partial charge is 0.415 e. The van der Waals surface area contributed by atoms with Gasteiger partial charge in [-0.3, -0.25) is 9.69 Å². The predicted molar refractivity (Wildman–Crippen MR) is 145 cm³/mol. The Hall–Kier alpha value is -3.07. The van der Waals surface area contributed by atoms with E-state index < -0.39 is 21.5 Å². The Balaban J connectivity index is 1.61. The number of carbonyl (C=O) groups is 2. The summed E-state index contributed by atoms with van der Waals surface area (Å²) >= 11 is 0. The average molecular weight is 528 g/mol. The van der Waals surface area contributed by atoms with E-state index >= 15 is 0 Å². The molecule has 2 saturated heterocycles. The van der Waals surface area contributed by atoms with E-state index in [0.717, 1.165) is 11.9 Å². The third kappa shape index (κ3) is 5.19. The first kappa shape index (κ1) is 27.0. The number of carbonyl (C=O) groups excluding carboxylic acids is 2. The highest BCUT2D eigenvalue weighted by atomic mass is 32.2. The maximum atomic E-state index is 13.5. The number of benzene rings is 2. The van der Waals surface area contributed by atoms with E-state index in [9.17, 15) is 18.0 Å². The molecule has 9 heteroatoms. The van der Waals surface area contributed by atoms with Crippen LogP contribution in [-0.4, -0.2) is 69.4 Å². The summed E-state index contributed by atoms with van der Waals surface area (Å²) in [6, 6.07) is 10.7. The van der Waals surface area contributed by atoms with Crippen LogP contribution in [0, 0.1) is 19.8 Å². The fourth-order valence-electron chi connectivity index (χ4n) is 5.75. The van der Waals surface area contributed by atoms with Crippen molar-refractivity contribution in [3.8, 4) is 0 Å². The Labute approximate surface area is 220 Å². The number of nitrogens with zero attached hydrogens (tertiary/aromatic N) is 3. The minimum atomic E-state index is -3.75. The third-order valence-electron chi connectivity index (χ3n) is 7.30. The lowest BCUT2D eigenvalue weighted by Gasteiger charge is -2.37. The van der Waals surface area contributed by atoms with Crippen LogP contribution < -0.4 is 9.80 Å². The minimum absolute atomic E-state index is 0.0675. The monoisotopic (exact) mass is 527 g/mol. The van der Waals surface area contributed by atoms with Crippen LogP contribution in [-0.2, 0) is 14.6 Å². The summed E-state index contributed by atoms with van der Waals surface area (Å²) in [7, 11) is -3.75. The van der Waals surface area contributed by atoms with Gasteiger partial charge in [-0.15, -0.1) is 0 Å². The molecular formula is C28H37N3O5S. The number of piperazine rings is 1. The van der Waals surface area contributed by atoms with Crippen LogP contribution in [0.15, 0.2) is 41.3 Å². The molecule has 37 heavy (non-hydrogen) atoms. The second-order valence-corrected chi connectivity index (χ2v) is 13.0. The van der Waals surface area contributed by atoms with Crippen LogP contribution >= 0.6 is 0 Å². The fourth-order valence-corrected chi connectivity index (χ4v) is 6.64. The molecule has 2 heterocycles. The van der Waals surface area contributed by atoms with Crippen molar-refractivity contribution >= 4 is 33.2 Å². The first-order valence-electron chi connectivity index (χ1n) is 12.7. The summed E-state index contributed by atoms with van der Waals surface area (Å²) in [5, 5.41) is 0. The molecule has 2 fully saturated rings. The van der Waals surface area contributed by atoms with Gasteiger partial charge in [-0.25, -0.2) is 13.2 Å². The Kier molecular flexibility index (Phi) is 7.05. The molecule has 0 saturated carbocycles. The molecule has 0 unspecified atom stereocenters. The van der Waals surface area contributed by atoms with Crippen LogP contribution in [0.5, 0.6) is 0 Å². The van der Waals surface area contributed by atoms with E-state index in [2.05, 4.69) is 36.9 Å². The van der Waals surface area contributed by atoms with E-state index in [1.807, 2.05) is 27.7 Å². The summed E-state index contributed by atoms with van der Waals surface area (Å²) in [4.78, 5) is 31.7. The van der Waals surface area contributed by atoms with Crippen molar-refractivity contribution in [3.63, 3.8) is 0 Å². The third-order valence-corrected chi connectivity index (χ3v) is 8.44. The second kappa shape index (κ2) is 9.67. The first-order chi connectivity index (χ1) is 17.2. The Morgan fingerprint density at radius 2 is 1.68 bits per heavy atom. The molecule has 0 aromatic heterocycles. The topological polar surface area (TPSA) is 87.2 Å². The molecule has 0 spiro atoms.